The molecule has 2 aromatic rings. The topological polar surface area (TPSA) is 69.3 Å². The molecule has 0 bridgehead atoms. The summed E-state index contributed by atoms with van der Waals surface area (Å²) >= 11 is 0. The second-order valence-corrected chi connectivity index (χ2v) is 6.65. The summed E-state index contributed by atoms with van der Waals surface area (Å²) in [5.41, 5.74) is 3.49. The Morgan fingerprint density at radius 2 is 2.36 bits per heavy atom. The van der Waals surface area contributed by atoms with Crippen molar-refractivity contribution in [1.82, 2.24) is 15.1 Å². The molecule has 0 spiro atoms. The zero-order valence-electron chi connectivity index (χ0n) is 15.1. The van der Waals surface area contributed by atoms with Crippen LogP contribution in [0.5, 0.6) is 0 Å². The van der Waals surface area contributed by atoms with Crippen LogP contribution in [0, 0.1) is 0 Å². The average Bonchev–Trinajstić information content (AvgIpc) is 3.22. The predicted octanol–water partition coefficient (Wildman–Crippen LogP) is 2.64. The minimum Gasteiger partial charge on any atom is -0.469 e. The monoisotopic (exact) mass is 345 g/mol. The van der Waals surface area contributed by atoms with Crippen LogP contribution in [0.15, 0.2) is 22.8 Å². The minimum absolute atomic E-state index is 0.0496. The molecule has 25 heavy (non-hydrogen) atoms. The number of carbonyl (C=O) groups is 1. The van der Waals surface area contributed by atoms with Gasteiger partial charge in [-0.05, 0) is 25.5 Å². The molecule has 6 nitrogen and oxygen atoms in total. The lowest BCUT2D eigenvalue weighted by Gasteiger charge is -2.15. The molecule has 0 aliphatic carbocycles. The molecule has 1 aliphatic rings. The Balaban J connectivity index is 1.55. The highest BCUT2D eigenvalue weighted by molar-refractivity contribution is 5.76. The molecule has 1 aliphatic heterocycles. The molecular formula is C19H27N3O3. The van der Waals surface area contributed by atoms with Crippen molar-refractivity contribution in [3.8, 4) is 0 Å². The van der Waals surface area contributed by atoms with Crippen molar-refractivity contribution in [2.45, 2.75) is 65.1 Å². The number of aryl methyl sites for hydroxylation is 2. The minimum atomic E-state index is 0.0496. The number of rotatable bonds is 8. The van der Waals surface area contributed by atoms with Gasteiger partial charge in [0, 0.05) is 49.5 Å². The van der Waals surface area contributed by atoms with E-state index in [1.165, 1.54) is 11.3 Å². The van der Waals surface area contributed by atoms with Crippen LogP contribution in [0.4, 0.5) is 0 Å². The largest absolute Gasteiger partial charge is 0.469 e. The van der Waals surface area contributed by atoms with Gasteiger partial charge in [0.05, 0.1) is 25.2 Å². The van der Waals surface area contributed by atoms with Gasteiger partial charge in [0.25, 0.3) is 0 Å². The van der Waals surface area contributed by atoms with Crippen LogP contribution in [-0.2, 0) is 41.9 Å². The van der Waals surface area contributed by atoms with Gasteiger partial charge in [-0.15, -0.1) is 0 Å². The maximum atomic E-state index is 12.2. The molecule has 0 fully saturated rings. The van der Waals surface area contributed by atoms with Gasteiger partial charge in [-0.2, -0.15) is 5.10 Å². The lowest BCUT2D eigenvalue weighted by atomic mass is 10.1. The van der Waals surface area contributed by atoms with E-state index in [-0.39, 0.29) is 11.9 Å². The molecule has 1 atom stereocenters. The number of carbonyl (C=O) groups excluding carboxylic acids is 1. The summed E-state index contributed by atoms with van der Waals surface area (Å²) in [6, 6.07) is 3.84. The molecule has 0 saturated heterocycles. The maximum Gasteiger partial charge on any atom is 0.220 e. The summed E-state index contributed by atoms with van der Waals surface area (Å²) in [4.78, 5) is 12.2. The Bertz CT molecular complexity index is 691. The second kappa shape index (κ2) is 8.34. The van der Waals surface area contributed by atoms with Crippen LogP contribution in [0.3, 0.4) is 0 Å². The van der Waals surface area contributed by atoms with Gasteiger partial charge in [-0.25, -0.2) is 0 Å². The zero-order chi connectivity index (χ0) is 17.6. The van der Waals surface area contributed by atoms with E-state index in [1.807, 2.05) is 19.1 Å². The first-order valence-electron chi connectivity index (χ1n) is 9.14. The number of hydrogen-bond donors (Lipinski definition) is 1. The number of aromatic nitrogens is 2. The van der Waals surface area contributed by atoms with Gasteiger partial charge < -0.3 is 14.5 Å². The first kappa shape index (κ1) is 17.7. The van der Waals surface area contributed by atoms with E-state index in [9.17, 15) is 4.79 Å². The van der Waals surface area contributed by atoms with Crippen LogP contribution >= 0.6 is 0 Å². The third-order valence-electron chi connectivity index (χ3n) is 4.50. The number of amides is 1. The van der Waals surface area contributed by atoms with Crippen LogP contribution in [0.1, 0.15) is 49.4 Å². The Morgan fingerprint density at radius 3 is 3.12 bits per heavy atom. The second-order valence-electron chi connectivity index (χ2n) is 6.65. The Hall–Kier alpha value is -2.08. The summed E-state index contributed by atoms with van der Waals surface area (Å²) in [6.45, 7) is 6.44. The lowest BCUT2D eigenvalue weighted by Crippen LogP contribution is -2.34. The van der Waals surface area contributed by atoms with Gasteiger partial charge >= 0.3 is 0 Å². The van der Waals surface area contributed by atoms with Gasteiger partial charge in [0.15, 0.2) is 0 Å². The molecule has 0 saturated carbocycles. The molecule has 0 radical (unpaired) electrons. The van der Waals surface area contributed by atoms with E-state index >= 15 is 0 Å². The van der Waals surface area contributed by atoms with Crippen molar-refractivity contribution >= 4 is 5.91 Å². The van der Waals surface area contributed by atoms with Crippen LogP contribution in [-0.4, -0.2) is 28.3 Å². The predicted molar refractivity (Wildman–Crippen MR) is 94.2 cm³/mol. The quantitative estimate of drug-likeness (QED) is 0.798. The van der Waals surface area contributed by atoms with Crippen molar-refractivity contribution in [2.24, 2.45) is 0 Å². The van der Waals surface area contributed by atoms with Crippen molar-refractivity contribution in [3.63, 3.8) is 0 Å². The van der Waals surface area contributed by atoms with E-state index in [4.69, 9.17) is 14.3 Å². The number of nitrogens with one attached hydrogen (secondary N) is 1. The molecule has 3 rings (SSSR count). The van der Waals surface area contributed by atoms with Crippen molar-refractivity contribution in [2.75, 3.05) is 6.61 Å². The van der Waals surface area contributed by atoms with Gasteiger partial charge in [-0.3, -0.25) is 9.48 Å². The molecule has 1 unspecified atom stereocenters. The van der Waals surface area contributed by atoms with Gasteiger partial charge in [-0.1, -0.05) is 6.92 Å². The van der Waals surface area contributed by atoms with Gasteiger partial charge in [0.2, 0.25) is 5.91 Å². The summed E-state index contributed by atoms with van der Waals surface area (Å²) in [6.07, 6.45) is 5.42. The fourth-order valence-corrected chi connectivity index (χ4v) is 3.34. The van der Waals surface area contributed by atoms with Crippen molar-refractivity contribution < 1.29 is 13.9 Å². The van der Waals surface area contributed by atoms with Crippen LogP contribution in [0.25, 0.3) is 0 Å². The lowest BCUT2D eigenvalue weighted by molar-refractivity contribution is -0.121. The third kappa shape index (κ3) is 4.51. The molecule has 3 heterocycles. The number of furan rings is 1. The fourth-order valence-electron chi connectivity index (χ4n) is 3.34. The molecule has 2 aromatic heterocycles. The third-order valence-corrected chi connectivity index (χ3v) is 4.50. The average molecular weight is 345 g/mol. The van der Waals surface area contributed by atoms with E-state index in [0.29, 0.717) is 25.9 Å². The molecule has 0 aromatic carbocycles. The summed E-state index contributed by atoms with van der Waals surface area (Å²) < 4.78 is 13.0. The first-order valence-corrected chi connectivity index (χ1v) is 9.14. The number of ether oxygens (including phenoxy) is 1. The first-order chi connectivity index (χ1) is 12.2. The highest BCUT2D eigenvalue weighted by atomic mass is 16.5. The molecule has 136 valence electrons. The molecular weight excluding hydrogens is 318 g/mol. The fraction of sp³-hybridized carbons (Fsp3) is 0.579. The van der Waals surface area contributed by atoms with E-state index in [0.717, 1.165) is 37.4 Å². The standard InChI is InChI=1S/C19H27N3O3/c1-3-9-22-18-8-11-24-13-16(18)17(21-22)6-7-19(23)20-14(2)12-15-5-4-10-25-15/h4-5,10,14H,3,6-9,11-13H2,1-2H3,(H,20,23). The van der Waals surface area contributed by atoms with Crippen molar-refractivity contribution in [3.05, 3.63) is 41.1 Å². The van der Waals surface area contributed by atoms with E-state index in [1.54, 1.807) is 6.26 Å². The molecule has 1 amide bonds. The molecule has 6 heteroatoms. The highest BCUT2D eigenvalue weighted by Gasteiger charge is 2.21. The maximum absolute atomic E-state index is 12.2. The number of fused-ring (bicyclic) bond motifs is 1. The Kier molecular flexibility index (Phi) is 5.91. The Labute approximate surface area is 148 Å². The zero-order valence-corrected chi connectivity index (χ0v) is 15.1. The number of nitrogens with zero attached hydrogens (tertiary/aromatic N) is 2. The summed E-state index contributed by atoms with van der Waals surface area (Å²) in [5.74, 6) is 0.937. The normalized spacial score (nSPS) is 15.0. The van der Waals surface area contributed by atoms with Crippen molar-refractivity contribution in [1.29, 1.82) is 0 Å². The van der Waals surface area contributed by atoms with E-state index in [2.05, 4.69) is 16.9 Å². The SMILES string of the molecule is CCCn1nc(CCC(=O)NC(C)Cc2ccco2)c2c1CCOC2. The smallest absolute Gasteiger partial charge is 0.220 e. The summed E-state index contributed by atoms with van der Waals surface area (Å²) in [5, 5.41) is 7.77. The summed E-state index contributed by atoms with van der Waals surface area (Å²) in [7, 11) is 0. The number of hydrogen-bond acceptors (Lipinski definition) is 4. The van der Waals surface area contributed by atoms with Gasteiger partial charge in [0.1, 0.15) is 5.76 Å². The highest BCUT2D eigenvalue weighted by Crippen LogP contribution is 2.22. The Morgan fingerprint density at radius 1 is 1.48 bits per heavy atom. The van der Waals surface area contributed by atoms with Crippen LogP contribution < -0.4 is 5.32 Å². The molecule has 1 N–H and O–H groups in total. The van der Waals surface area contributed by atoms with Crippen LogP contribution in [0.2, 0.25) is 0 Å². The van der Waals surface area contributed by atoms with E-state index < -0.39 is 0 Å².